The first kappa shape index (κ1) is 19.7. The minimum atomic E-state index is -0.723. The van der Waals surface area contributed by atoms with Crippen molar-refractivity contribution in [3.8, 4) is 11.8 Å². The number of benzene rings is 1. The quantitative estimate of drug-likeness (QED) is 0.335. The van der Waals surface area contributed by atoms with Gasteiger partial charge in [-0.05, 0) is 44.0 Å². The zero-order valence-corrected chi connectivity index (χ0v) is 15.9. The molecule has 136 valence electrons. The van der Waals surface area contributed by atoms with Crippen LogP contribution in [-0.2, 0) is 14.3 Å². The highest BCUT2D eigenvalue weighted by atomic mass is 35.5. The summed E-state index contributed by atoms with van der Waals surface area (Å²) in [7, 11) is 1.50. The molecule has 0 N–H and O–H groups in total. The predicted octanol–water partition coefficient (Wildman–Crippen LogP) is 3.55. The molecular formula is C19H20ClN3O3. The van der Waals surface area contributed by atoms with Gasteiger partial charge in [-0.3, -0.25) is 0 Å². The lowest BCUT2D eigenvalue weighted by molar-refractivity contribution is -0.139. The van der Waals surface area contributed by atoms with E-state index >= 15 is 0 Å². The molecule has 0 unspecified atom stereocenters. The zero-order chi connectivity index (χ0) is 19.3. The first-order valence-corrected chi connectivity index (χ1v) is 8.37. The van der Waals surface area contributed by atoms with Crippen molar-refractivity contribution in [2.45, 2.75) is 20.8 Å². The highest BCUT2D eigenvalue weighted by Gasteiger charge is 2.18. The molecule has 0 saturated heterocycles. The summed E-state index contributed by atoms with van der Waals surface area (Å²) >= 11 is 6.50. The molecule has 6 nitrogen and oxygen atoms in total. The smallest absolute Gasteiger partial charge is 0.348 e. The average molecular weight is 374 g/mol. The van der Waals surface area contributed by atoms with Crippen LogP contribution in [0.4, 0.5) is 0 Å². The molecular weight excluding hydrogens is 354 g/mol. The number of hydrogen-bond donors (Lipinski definition) is 0. The second kappa shape index (κ2) is 8.65. The number of carbonyl (C=O) groups excluding carboxylic acids is 1. The number of rotatable bonds is 6. The fraction of sp³-hybridized carbons (Fsp3) is 0.316. The Bertz CT molecular complexity index is 894. The summed E-state index contributed by atoms with van der Waals surface area (Å²) < 4.78 is 11.4. The molecule has 2 aromatic rings. The van der Waals surface area contributed by atoms with Crippen molar-refractivity contribution in [1.82, 2.24) is 9.78 Å². The number of ether oxygens (including phenoxy) is 2. The van der Waals surface area contributed by atoms with Crippen LogP contribution in [0.2, 0.25) is 5.15 Å². The number of halogens is 1. The number of aromatic nitrogens is 2. The summed E-state index contributed by atoms with van der Waals surface area (Å²) in [5.41, 5.74) is 3.90. The Morgan fingerprint density at radius 3 is 2.73 bits per heavy atom. The molecule has 0 amide bonds. The Morgan fingerprint density at radius 2 is 2.08 bits per heavy atom. The SMILES string of the molecule is COCCOC(=O)/C(C#N)=C/c1c(C)nn(-c2cc(C)ccc2C)c1Cl. The molecule has 0 aliphatic heterocycles. The number of methoxy groups -OCH3 is 1. The fourth-order valence-electron chi connectivity index (χ4n) is 2.36. The third-order valence-electron chi connectivity index (χ3n) is 3.79. The standard InChI is InChI=1S/C19H20ClN3O3/c1-12-5-6-13(2)17(9-12)23-18(20)16(14(3)22-23)10-15(11-21)19(24)26-8-7-25-4/h5-6,9-10H,7-8H2,1-4H3/b15-10+. The van der Waals surface area contributed by atoms with Crippen LogP contribution in [0, 0.1) is 32.1 Å². The monoisotopic (exact) mass is 373 g/mol. The number of nitrogens with zero attached hydrogens (tertiary/aromatic N) is 3. The number of hydrogen-bond acceptors (Lipinski definition) is 5. The minimum Gasteiger partial charge on any atom is -0.459 e. The first-order valence-electron chi connectivity index (χ1n) is 7.99. The third-order valence-corrected chi connectivity index (χ3v) is 4.15. The van der Waals surface area contributed by atoms with E-state index in [9.17, 15) is 10.1 Å². The fourth-order valence-corrected chi connectivity index (χ4v) is 2.68. The summed E-state index contributed by atoms with van der Waals surface area (Å²) in [4.78, 5) is 12.0. The molecule has 0 aliphatic rings. The van der Waals surface area contributed by atoms with Crippen LogP contribution in [-0.4, -0.2) is 36.1 Å². The van der Waals surface area contributed by atoms with Crippen LogP contribution in [0.15, 0.2) is 23.8 Å². The van der Waals surface area contributed by atoms with Crippen molar-refractivity contribution in [2.24, 2.45) is 0 Å². The number of nitriles is 1. The molecule has 0 saturated carbocycles. The van der Waals surface area contributed by atoms with Crippen LogP contribution in [0.5, 0.6) is 0 Å². The van der Waals surface area contributed by atoms with E-state index in [4.69, 9.17) is 21.1 Å². The maximum Gasteiger partial charge on any atom is 0.348 e. The van der Waals surface area contributed by atoms with Crippen molar-refractivity contribution in [2.75, 3.05) is 20.3 Å². The topological polar surface area (TPSA) is 77.1 Å². The molecule has 0 fully saturated rings. The second-order valence-electron chi connectivity index (χ2n) is 5.79. The van der Waals surface area contributed by atoms with Gasteiger partial charge in [0.15, 0.2) is 0 Å². The van der Waals surface area contributed by atoms with Crippen LogP contribution in [0.1, 0.15) is 22.4 Å². The zero-order valence-electron chi connectivity index (χ0n) is 15.2. The second-order valence-corrected chi connectivity index (χ2v) is 6.15. The van der Waals surface area contributed by atoms with Crippen molar-refractivity contribution < 1.29 is 14.3 Å². The van der Waals surface area contributed by atoms with Crippen molar-refractivity contribution in [3.05, 3.63) is 51.3 Å². The van der Waals surface area contributed by atoms with Crippen LogP contribution >= 0.6 is 11.6 Å². The van der Waals surface area contributed by atoms with Gasteiger partial charge in [0.2, 0.25) is 0 Å². The van der Waals surface area contributed by atoms with Gasteiger partial charge in [0, 0.05) is 12.7 Å². The molecule has 0 radical (unpaired) electrons. The maximum absolute atomic E-state index is 12.0. The number of esters is 1. The van der Waals surface area contributed by atoms with E-state index in [-0.39, 0.29) is 18.8 Å². The maximum atomic E-state index is 12.0. The van der Waals surface area contributed by atoms with Gasteiger partial charge in [0.25, 0.3) is 0 Å². The summed E-state index contributed by atoms with van der Waals surface area (Å²) in [6.07, 6.45) is 1.40. The number of carbonyl (C=O) groups is 1. The van der Waals surface area contributed by atoms with Gasteiger partial charge in [-0.25, -0.2) is 9.48 Å². The molecule has 2 rings (SSSR count). The van der Waals surface area contributed by atoms with Crippen molar-refractivity contribution >= 4 is 23.6 Å². The Kier molecular flexibility index (Phi) is 6.56. The molecule has 0 aliphatic carbocycles. The summed E-state index contributed by atoms with van der Waals surface area (Å²) in [6, 6.07) is 7.82. The van der Waals surface area contributed by atoms with Crippen molar-refractivity contribution in [1.29, 1.82) is 5.26 Å². The first-order chi connectivity index (χ1) is 12.4. The molecule has 1 aromatic heterocycles. The minimum absolute atomic E-state index is 0.0722. The van der Waals surface area contributed by atoms with Crippen LogP contribution in [0.3, 0.4) is 0 Å². The van der Waals surface area contributed by atoms with E-state index in [2.05, 4.69) is 5.10 Å². The average Bonchev–Trinajstić information content (AvgIpc) is 2.89. The highest BCUT2D eigenvalue weighted by Crippen LogP contribution is 2.27. The van der Waals surface area contributed by atoms with Gasteiger partial charge in [0.1, 0.15) is 23.4 Å². The Morgan fingerprint density at radius 1 is 1.35 bits per heavy atom. The largest absolute Gasteiger partial charge is 0.459 e. The molecule has 0 bridgehead atoms. The van der Waals surface area contributed by atoms with Crippen molar-refractivity contribution in [3.63, 3.8) is 0 Å². The van der Waals surface area contributed by atoms with Gasteiger partial charge in [0.05, 0.1) is 18.0 Å². The Labute approximate surface area is 157 Å². The summed E-state index contributed by atoms with van der Waals surface area (Å²) in [5, 5.41) is 14.1. The molecule has 0 atom stereocenters. The predicted molar refractivity (Wildman–Crippen MR) is 99.2 cm³/mol. The van der Waals surface area contributed by atoms with E-state index in [1.54, 1.807) is 11.6 Å². The molecule has 0 spiro atoms. The Hall–Kier alpha value is -2.62. The third kappa shape index (κ3) is 4.31. The molecule has 26 heavy (non-hydrogen) atoms. The van der Waals surface area contributed by atoms with E-state index < -0.39 is 5.97 Å². The normalized spacial score (nSPS) is 11.3. The number of aryl methyl sites for hydroxylation is 3. The van der Waals surface area contributed by atoms with E-state index in [0.29, 0.717) is 16.4 Å². The van der Waals surface area contributed by atoms with E-state index in [0.717, 1.165) is 16.8 Å². The van der Waals surface area contributed by atoms with Gasteiger partial charge < -0.3 is 9.47 Å². The summed E-state index contributed by atoms with van der Waals surface area (Å²) in [5.74, 6) is -0.723. The van der Waals surface area contributed by atoms with E-state index in [1.807, 2.05) is 38.1 Å². The summed E-state index contributed by atoms with van der Waals surface area (Å²) in [6.45, 7) is 6.05. The molecule has 1 heterocycles. The lowest BCUT2D eigenvalue weighted by atomic mass is 10.1. The Balaban J connectivity index is 2.42. The lowest BCUT2D eigenvalue weighted by Gasteiger charge is -2.08. The molecule has 1 aromatic carbocycles. The van der Waals surface area contributed by atoms with Gasteiger partial charge in [-0.2, -0.15) is 10.4 Å². The van der Waals surface area contributed by atoms with Crippen LogP contribution in [0.25, 0.3) is 11.8 Å². The van der Waals surface area contributed by atoms with E-state index in [1.165, 1.54) is 13.2 Å². The molecule has 7 heteroatoms. The van der Waals surface area contributed by atoms with Gasteiger partial charge >= 0.3 is 5.97 Å². The van der Waals surface area contributed by atoms with Gasteiger partial charge in [-0.1, -0.05) is 23.7 Å². The lowest BCUT2D eigenvalue weighted by Crippen LogP contribution is -2.11. The van der Waals surface area contributed by atoms with Gasteiger partial charge in [-0.15, -0.1) is 0 Å². The highest BCUT2D eigenvalue weighted by molar-refractivity contribution is 6.31. The van der Waals surface area contributed by atoms with Crippen LogP contribution < -0.4 is 0 Å².